The van der Waals surface area contributed by atoms with Crippen LogP contribution >= 0.6 is 0 Å². The topological polar surface area (TPSA) is 72.3 Å². The molecule has 0 aromatic heterocycles. The molecule has 1 fully saturated rings. The summed E-state index contributed by atoms with van der Waals surface area (Å²) in [5.74, 6) is 0.402. The third kappa shape index (κ3) is 4.28. The molecule has 0 radical (unpaired) electrons. The zero-order chi connectivity index (χ0) is 13.1. The van der Waals surface area contributed by atoms with Crippen LogP contribution in [0.4, 0.5) is 0 Å². The fraction of sp³-hybridized carbons (Fsp3) is 0.923. The monoisotopic (exact) mass is 241 g/mol. The number of amides is 1. The highest BCUT2D eigenvalue weighted by Crippen LogP contribution is 2.26. The van der Waals surface area contributed by atoms with Crippen molar-refractivity contribution in [3.05, 3.63) is 0 Å². The maximum atomic E-state index is 11.1. The van der Waals surface area contributed by atoms with Crippen LogP contribution in [0, 0.1) is 5.92 Å². The average molecular weight is 241 g/mol. The first-order chi connectivity index (χ1) is 7.83. The van der Waals surface area contributed by atoms with Crippen molar-refractivity contribution < 1.29 is 4.79 Å². The Bertz CT molecular complexity index is 265. The summed E-state index contributed by atoms with van der Waals surface area (Å²) >= 11 is 0. The van der Waals surface area contributed by atoms with Gasteiger partial charge < -0.3 is 16.4 Å². The molecular formula is C13H27N3O. The second kappa shape index (κ2) is 5.83. The summed E-state index contributed by atoms with van der Waals surface area (Å²) in [6.07, 6.45) is 5.81. The number of carbonyl (C=O) groups excluding carboxylic acids is 1. The van der Waals surface area contributed by atoms with Crippen molar-refractivity contribution in [2.24, 2.45) is 17.4 Å². The molecule has 0 spiro atoms. The largest absolute Gasteiger partial charge is 0.368 e. The van der Waals surface area contributed by atoms with Gasteiger partial charge in [-0.05, 0) is 39.2 Å². The lowest BCUT2D eigenvalue weighted by Gasteiger charge is -2.35. The van der Waals surface area contributed by atoms with Gasteiger partial charge in [-0.1, -0.05) is 19.8 Å². The Labute approximate surface area is 105 Å². The van der Waals surface area contributed by atoms with E-state index in [9.17, 15) is 4.79 Å². The van der Waals surface area contributed by atoms with Crippen molar-refractivity contribution in [1.29, 1.82) is 0 Å². The summed E-state index contributed by atoms with van der Waals surface area (Å²) in [4.78, 5) is 13.5. The molecule has 4 heteroatoms. The number of hydrogen-bond acceptors (Lipinski definition) is 3. The highest BCUT2D eigenvalue weighted by molar-refractivity contribution is 5.83. The van der Waals surface area contributed by atoms with Crippen LogP contribution in [0.2, 0.25) is 0 Å². The van der Waals surface area contributed by atoms with Crippen LogP contribution in [0.5, 0.6) is 0 Å². The molecule has 0 saturated heterocycles. The number of hydrogen-bond donors (Lipinski definition) is 2. The third-order valence-electron chi connectivity index (χ3n) is 4.08. The smallest absolute Gasteiger partial charge is 0.237 e. The quantitative estimate of drug-likeness (QED) is 0.757. The van der Waals surface area contributed by atoms with E-state index >= 15 is 0 Å². The first-order valence-electron chi connectivity index (χ1n) is 6.62. The van der Waals surface area contributed by atoms with E-state index in [1.54, 1.807) is 6.92 Å². The van der Waals surface area contributed by atoms with Gasteiger partial charge in [0.15, 0.2) is 0 Å². The second-order valence-electron chi connectivity index (χ2n) is 5.94. The van der Waals surface area contributed by atoms with Crippen LogP contribution in [0.1, 0.15) is 46.0 Å². The van der Waals surface area contributed by atoms with E-state index in [1.807, 2.05) is 0 Å². The van der Waals surface area contributed by atoms with Gasteiger partial charge >= 0.3 is 0 Å². The summed E-state index contributed by atoms with van der Waals surface area (Å²) in [7, 11) is 2.12. The van der Waals surface area contributed by atoms with E-state index in [0.717, 1.165) is 12.5 Å². The van der Waals surface area contributed by atoms with E-state index in [0.29, 0.717) is 12.5 Å². The highest BCUT2D eigenvalue weighted by atomic mass is 16.1. The van der Waals surface area contributed by atoms with Gasteiger partial charge in [0.25, 0.3) is 0 Å². The molecule has 1 amide bonds. The number of primary amides is 1. The number of nitrogens with two attached hydrogens (primary N) is 2. The minimum Gasteiger partial charge on any atom is -0.368 e. The summed E-state index contributed by atoms with van der Waals surface area (Å²) in [5, 5.41) is 0. The molecule has 17 heavy (non-hydrogen) atoms. The summed E-state index contributed by atoms with van der Waals surface area (Å²) in [5.41, 5.74) is 10.3. The molecule has 0 aliphatic heterocycles. The molecule has 100 valence electrons. The van der Waals surface area contributed by atoms with E-state index in [4.69, 9.17) is 11.5 Å². The third-order valence-corrected chi connectivity index (χ3v) is 4.08. The normalized spacial score (nSPS) is 29.0. The molecule has 0 bridgehead atoms. The lowest BCUT2D eigenvalue weighted by Crippen LogP contribution is -2.51. The molecule has 4 nitrogen and oxygen atoms in total. The Hall–Kier alpha value is -0.610. The summed E-state index contributed by atoms with van der Waals surface area (Å²) in [6, 6.07) is 0.641. The lowest BCUT2D eigenvalue weighted by molar-refractivity contribution is -0.122. The fourth-order valence-corrected chi connectivity index (χ4v) is 2.52. The van der Waals surface area contributed by atoms with Crippen LogP contribution in [-0.2, 0) is 4.79 Å². The van der Waals surface area contributed by atoms with Crippen molar-refractivity contribution in [2.75, 3.05) is 13.6 Å². The first-order valence-corrected chi connectivity index (χ1v) is 6.62. The average Bonchev–Trinajstić information content (AvgIpc) is 2.25. The molecule has 3 atom stereocenters. The molecule has 3 unspecified atom stereocenters. The minimum atomic E-state index is -0.880. The molecule has 4 N–H and O–H groups in total. The number of carbonyl (C=O) groups is 1. The molecule has 1 aliphatic carbocycles. The maximum absolute atomic E-state index is 11.1. The van der Waals surface area contributed by atoms with Crippen LogP contribution in [-0.4, -0.2) is 36.0 Å². The van der Waals surface area contributed by atoms with Gasteiger partial charge in [0.1, 0.15) is 0 Å². The zero-order valence-corrected chi connectivity index (χ0v) is 11.4. The van der Waals surface area contributed by atoms with Gasteiger partial charge in [0, 0.05) is 12.6 Å². The van der Waals surface area contributed by atoms with Crippen molar-refractivity contribution in [3.8, 4) is 0 Å². The van der Waals surface area contributed by atoms with Crippen molar-refractivity contribution in [3.63, 3.8) is 0 Å². The van der Waals surface area contributed by atoms with Crippen LogP contribution in [0.3, 0.4) is 0 Å². The van der Waals surface area contributed by atoms with E-state index < -0.39 is 11.4 Å². The lowest BCUT2D eigenvalue weighted by atomic mass is 9.86. The predicted octanol–water partition coefficient (Wildman–Crippen LogP) is 1.09. The van der Waals surface area contributed by atoms with E-state index in [-0.39, 0.29) is 0 Å². The van der Waals surface area contributed by atoms with Crippen LogP contribution in [0.15, 0.2) is 0 Å². The van der Waals surface area contributed by atoms with Gasteiger partial charge in [0.05, 0.1) is 5.54 Å². The zero-order valence-electron chi connectivity index (χ0n) is 11.4. The van der Waals surface area contributed by atoms with E-state index in [1.165, 1.54) is 25.7 Å². The van der Waals surface area contributed by atoms with Crippen LogP contribution in [0.25, 0.3) is 0 Å². The number of nitrogens with zero attached hydrogens (tertiary/aromatic N) is 1. The Balaban J connectivity index is 2.38. The molecule has 1 aliphatic rings. The maximum Gasteiger partial charge on any atom is 0.237 e. The number of rotatable bonds is 5. The molecule has 1 rings (SSSR count). The molecule has 1 saturated carbocycles. The fourth-order valence-electron chi connectivity index (χ4n) is 2.52. The standard InChI is InChI=1S/C13H27N3O/c1-10-5-4-6-11(9-10)16(3)8-7-13(2,15)12(14)17/h10-11H,4-9,15H2,1-3H3,(H2,14,17). The van der Waals surface area contributed by atoms with Gasteiger partial charge in [-0.3, -0.25) is 4.79 Å². The highest BCUT2D eigenvalue weighted by Gasteiger charge is 2.28. The summed E-state index contributed by atoms with van der Waals surface area (Å²) in [6.45, 7) is 4.87. The Morgan fingerprint density at radius 2 is 2.12 bits per heavy atom. The van der Waals surface area contributed by atoms with Crippen LogP contribution < -0.4 is 11.5 Å². The first kappa shape index (κ1) is 14.5. The molecule has 0 heterocycles. The van der Waals surface area contributed by atoms with Gasteiger partial charge in [-0.2, -0.15) is 0 Å². The molecular weight excluding hydrogens is 214 g/mol. The molecule has 0 aromatic carbocycles. The Morgan fingerprint density at radius 3 is 2.65 bits per heavy atom. The van der Waals surface area contributed by atoms with Gasteiger partial charge in [-0.25, -0.2) is 0 Å². The van der Waals surface area contributed by atoms with Crippen molar-refractivity contribution >= 4 is 5.91 Å². The van der Waals surface area contributed by atoms with Crippen molar-refractivity contribution in [1.82, 2.24) is 4.90 Å². The molecule has 0 aromatic rings. The predicted molar refractivity (Wildman–Crippen MR) is 70.5 cm³/mol. The summed E-state index contributed by atoms with van der Waals surface area (Å²) < 4.78 is 0. The van der Waals surface area contributed by atoms with Crippen molar-refractivity contribution in [2.45, 2.75) is 57.5 Å². The Morgan fingerprint density at radius 1 is 1.47 bits per heavy atom. The van der Waals surface area contributed by atoms with Gasteiger partial charge in [-0.15, -0.1) is 0 Å². The van der Waals surface area contributed by atoms with E-state index in [2.05, 4.69) is 18.9 Å². The van der Waals surface area contributed by atoms with Gasteiger partial charge in [0.2, 0.25) is 5.91 Å². The minimum absolute atomic E-state index is 0.414. The second-order valence-corrected chi connectivity index (χ2v) is 5.94. The SMILES string of the molecule is CC1CCCC(N(C)CCC(C)(N)C(N)=O)C1. The Kier molecular flexibility index (Phi) is 4.95.